The van der Waals surface area contributed by atoms with Gasteiger partial charge in [-0.2, -0.15) is 0 Å². The number of hydrogen-bond donors (Lipinski definition) is 1. The highest BCUT2D eigenvalue weighted by atomic mass is 32.1. The Morgan fingerprint density at radius 1 is 1.19 bits per heavy atom. The number of rotatable bonds is 2. The van der Waals surface area contributed by atoms with E-state index in [-0.39, 0.29) is 10.4 Å². The number of hydrogen-bond acceptors (Lipinski definition) is 2. The molecule has 0 spiro atoms. The molecule has 82 valence electrons. The first-order chi connectivity index (χ1) is 7.58. The van der Waals surface area contributed by atoms with E-state index in [0.717, 1.165) is 29.5 Å². The van der Waals surface area contributed by atoms with Crippen molar-refractivity contribution < 1.29 is 18.7 Å². The van der Waals surface area contributed by atoms with E-state index in [1.54, 1.807) is 5.38 Å². The maximum atomic E-state index is 13.0. The van der Waals surface area contributed by atoms with Crippen LogP contribution in [0.1, 0.15) is 9.67 Å². The van der Waals surface area contributed by atoms with Crippen molar-refractivity contribution in [3.63, 3.8) is 0 Å². The normalized spacial score (nSPS) is 10.4. The molecule has 5 heteroatoms. The minimum Gasteiger partial charge on any atom is -0.477 e. The predicted molar refractivity (Wildman–Crippen MR) is 56.6 cm³/mol. The van der Waals surface area contributed by atoms with Crippen LogP contribution in [0.2, 0.25) is 0 Å². The first kappa shape index (κ1) is 10.8. The van der Waals surface area contributed by atoms with Crippen LogP contribution < -0.4 is 0 Å². The molecule has 0 fully saturated rings. The van der Waals surface area contributed by atoms with Gasteiger partial charge in [0.05, 0.1) is 0 Å². The Hall–Kier alpha value is -1.75. The summed E-state index contributed by atoms with van der Waals surface area (Å²) in [6, 6.07) is 4.49. The van der Waals surface area contributed by atoms with Gasteiger partial charge in [0.15, 0.2) is 0 Å². The summed E-state index contributed by atoms with van der Waals surface area (Å²) in [7, 11) is 0. The fourth-order valence-corrected chi connectivity index (χ4v) is 2.17. The summed E-state index contributed by atoms with van der Waals surface area (Å²) in [4.78, 5) is 10.9. The Bertz CT molecular complexity index is 528. The number of carboxylic acid groups (broad SMARTS) is 1. The van der Waals surface area contributed by atoms with Crippen LogP contribution in [0.4, 0.5) is 8.78 Å². The van der Waals surface area contributed by atoms with Gasteiger partial charge in [-0.05, 0) is 29.1 Å². The highest BCUT2D eigenvalue weighted by Crippen LogP contribution is 2.29. The van der Waals surface area contributed by atoms with E-state index in [1.165, 1.54) is 6.07 Å². The molecule has 0 unspecified atom stereocenters. The Labute approximate surface area is 93.8 Å². The molecule has 0 amide bonds. The third kappa shape index (κ3) is 1.94. The second-order valence-corrected chi connectivity index (χ2v) is 4.04. The molecule has 0 aliphatic rings. The van der Waals surface area contributed by atoms with Crippen LogP contribution >= 0.6 is 11.3 Å². The van der Waals surface area contributed by atoms with E-state index in [9.17, 15) is 13.6 Å². The largest absolute Gasteiger partial charge is 0.477 e. The molecule has 0 saturated carbocycles. The molecular formula is C11H6F2O2S. The summed E-state index contributed by atoms with van der Waals surface area (Å²) in [5.41, 5.74) is 0.562. The third-order valence-electron chi connectivity index (χ3n) is 2.03. The van der Waals surface area contributed by atoms with E-state index >= 15 is 0 Å². The summed E-state index contributed by atoms with van der Waals surface area (Å²) in [6.07, 6.45) is 0. The highest BCUT2D eigenvalue weighted by Gasteiger charge is 2.14. The van der Waals surface area contributed by atoms with Crippen molar-refractivity contribution in [1.29, 1.82) is 0 Å². The minimum atomic E-state index is -1.10. The maximum absolute atomic E-state index is 13.0. The van der Waals surface area contributed by atoms with E-state index in [1.807, 2.05) is 0 Å². The van der Waals surface area contributed by atoms with Gasteiger partial charge in [0.25, 0.3) is 0 Å². The highest BCUT2D eigenvalue weighted by molar-refractivity contribution is 7.12. The first-order valence-electron chi connectivity index (χ1n) is 4.35. The molecule has 2 rings (SSSR count). The Balaban J connectivity index is 2.58. The molecule has 0 bridgehead atoms. The quantitative estimate of drug-likeness (QED) is 0.873. The number of halogens is 2. The molecule has 1 heterocycles. The molecule has 0 aliphatic carbocycles. The van der Waals surface area contributed by atoms with Crippen molar-refractivity contribution in [2.24, 2.45) is 0 Å². The zero-order valence-corrected chi connectivity index (χ0v) is 8.72. The van der Waals surface area contributed by atoms with E-state index in [2.05, 4.69) is 0 Å². The topological polar surface area (TPSA) is 37.3 Å². The lowest BCUT2D eigenvalue weighted by Gasteiger charge is -2.01. The number of carbonyl (C=O) groups is 1. The van der Waals surface area contributed by atoms with Gasteiger partial charge in [0.2, 0.25) is 0 Å². The number of aromatic carboxylic acids is 1. The zero-order chi connectivity index (χ0) is 11.7. The lowest BCUT2D eigenvalue weighted by Crippen LogP contribution is -1.95. The maximum Gasteiger partial charge on any atom is 0.346 e. The molecule has 0 radical (unpaired) electrons. The van der Waals surface area contributed by atoms with E-state index in [4.69, 9.17) is 5.11 Å². The van der Waals surface area contributed by atoms with Crippen molar-refractivity contribution in [2.45, 2.75) is 0 Å². The van der Waals surface area contributed by atoms with Gasteiger partial charge < -0.3 is 5.11 Å². The smallest absolute Gasteiger partial charge is 0.346 e. The van der Waals surface area contributed by atoms with Crippen LogP contribution in [0, 0.1) is 11.6 Å². The summed E-state index contributed by atoms with van der Waals surface area (Å²) < 4.78 is 25.9. The van der Waals surface area contributed by atoms with Crippen LogP contribution in [0.25, 0.3) is 11.1 Å². The third-order valence-corrected chi connectivity index (χ3v) is 2.94. The van der Waals surface area contributed by atoms with Crippen LogP contribution in [-0.2, 0) is 0 Å². The summed E-state index contributed by atoms with van der Waals surface area (Å²) in [5, 5.41) is 10.4. The molecule has 0 saturated heterocycles. The number of carboxylic acids is 1. The summed E-state index contributed by atoms with van der Waals surface area (Å²) in [6.45, 7) is 0. The van der Waals surface area contributed by atoms with Crippen LogP contribution in [0.3, 0.4) is 0 Å². The van der Waals surface area contributed by atoms with E-state index in [0.29, 0.717) is 5.56 Å². The van der Waals surface area contributed by atoms with Crippen LogP contribution in [-0.4, -0.2) is 11.1 Å². The van der Waals surface area contributed by atoms with Crippen molar-refractivity contribution in [1.82, 2.24) is 0 Å². The van der Waals surface area contributed by atoms with Crippen LogP contribution in [0.5, 0.6) is 0 Å². The molecule has 0 atom stereocenters. The van der Waals surface area contributed by atoms with Gasteiger partial charge >= 0.3 is 5.97 Å². The van der Waals surface area contributed by atoms with Gasteiger partial charge in [-0.15, -0.1) is 11.3 Å². The molecule has 0 aliphatic heterocycles. The average Bonchev–Trinajstić information content (AvgIpc) is 2.63. The Morgan fingerprint density at radius 2 is 1.81 bits per heavy atom. The molecule has 16 heavy (non-hydrogen) atoms. The van der Waals surface area contributed by atoms with Crippen molar-refractivity contribution >= 4 is 17.3 Å². The summed E-state index contributed by atoms with van der Waals surface area (Å²) in [5.74, 6) is -2.55. The Morgan fingerprint density at radius 3 is 2.38 bits per heavy atom. The van der Waals surface area contributed by atoms with Crippen molar-refractivity contribution in [3.8, 4) is 11.1 Å². The lowest BCUT2D eigenvalue weighted by molar-refractivity contribution is 0.0703. The average molecular weight is 240 g/mol. The predicted octanol–water partition coefficient (Wildman–Crippen LogP) is 3.39. The molecule has 2 aromatic rings. The molecule has 1 aromatic carbocycles. The fraction of sp³-hybridized carbons (Fsp3) is 0. The van der Waals surface area contributed by atoms with Crippen LogP contribution in [0.15, 0.2) is 29.6 Å². The monoisotopic (exact) mass is 240 g/mol. The summed E-state index contributed by atoms with van der Waals surface area (Å²) >= 11 is 1.02. The van der Waals surface area contributed by atoms with Gasteiger partial charge in [0.1, 0.15) is 16.5 Å². The lowest BCUT2D eigenvalue weighted by atomic mass is 10.1. The van der Waals surface area contributed by atoms with Gasteiger partial charge in [-0.3, -0.25) is 0 Å². The molecule has 1 aromatic heterocycles. The van der Waals surface area contributed by atoms with Crippen molar-refractivity contribution in [2.75, 3.05) is 0 Å². The van der Waals surface area contributed by atoms with Gasteiger partial charge in [-0.1, -0.05) is 0 Å². The minimum absolute atomic E-state index is 0.0741. The van der Waals surface area contributed by atoms with Gasteiger partial charge in [-0.25, -0.2) is 13.6 Å². The Kier molecular flexibility index (Phi) is 2.70. The SMILES string of the molecule is O=C(O)c1sccc1-c1cc(F)cc(F)c1. The zero-order valence-electron chi connectivity index (χ0n) is 7.91. The van der Waals surface area contributed by atoms with E-state index < -0.39 is 17.6 Å². The number of thiophene rings is 1. The standard InChI is InChI=1S/C11H6F2O2S/c12-7-3-6(4-8(13)5-7)9-1-2-16-10(9)11(14)15/h1-5H,(H,14,15). The first-order valence-corrected chi connectivity index (χ1v) is 5.23. The second-order valence-electron chi connectivity index (χ2n) is 3.13. The molecule has 1 N–H and O–H groups in total. The number of benzene rings is 1. The molecule has 2 nitrogen and oxygen atoms in total. The second kappa shape index (κ2) is 4.02. The fourth-order valence-electron chi connectivity index (χ4n) is 1.41. The van der Waals surface area contributed by atoms with Gasteiger partial charge in [0, 0.05) is 11.6 Å². The molecular weight excluding hydrogens is 234 g/mol. The van der Waals surface area contributed by atoms with Crippen molar-refractivity contribution in [3.05, 3.63) is 46.2 Å².